The van der Waals surface area contributed by atoms with Gasteiger partial charge < -0.3 is 10.8 Å². The number of aliphatic hydroxyl groups excluding tert-OH is 1. The molecule has 0 bridgehead atoms. The predicted molar refractivity (Wildman–Crippen MR) is 103 cm³/mol. The molecule has 9 heteroatoms. The minimum Gasteiger partial charge on any atom is -0.391 e. The number of nitrogens with zero attached hydrogens (tertiary/aromatic N) is 4. The number of anilines is 1. The molecule has 7 nitrogen and oxygen atoms in total. The van der Waals surface area contributed by atoms with E-state index in [0.29, 0.717) is 17.9 Å². The molecule has 1 fully saturated rings. The zero-order chi connectivity index (χ0) is 18.8. The van der Waals surface area contributed by atoms with Crippen molar-refractivity contribution in [3.63, 3.8) is 0 Å². The number of aromatic amines is 1. The van der Waals surface area contributed by atoms with Crippen LogP contribution >= 0.6 is 11.8 Å². The average molecular weight is 388 g/mol. The molecule has 1 aliphatic heterocycles. The number of benzene rings is 1. The molecule has 142 valence electrons. The van der Waals surface area contributed by atoms with Crippen LogP contribution in [0.25, 0.3) is 11.0 Å². The molecule has 0 radical (unpaired) electrons. The normalized spacial score (nSPS) is 20.5. The maximum Gasteiger partial charge on any atom is 0.155 e. The number of aromatic nitrogens is 4. The van der Waals surface area contributed by atoms with Crippen LogP contribution in [0.5, 0.6) is 0 Å². The van der Waals surface area contributed by atoms with Crippen LogP contribution in [0.15, 0.2) is 35.5 Å². The standard InChI is InChI=1S/C18H21FN6OS/c19-12-1-3-13(4-2-12)27-9-11-7-25(8-15(11)26)6-5-14-16-17(24-23-14)18(20)22-10-21-16/h1-4,10-11,15,26H,5-9H2,(H,23,24)(H2,20,21,22)/t11-,15+/m1/s1. The van der Waals surface area contributed by atoms with Crippen molar-refractivity contribution in [2.45, 2.75) is 17.4 Å². The van der Waals surface area contributed by atoms with Crippen LogP contribution in [0, 0.1) is 11.7 Å². The highest BCUT2D eigenvalue weighted by atomic mass is 32.2. The van der Waals surface area contributed by atoms with Gasteiger partial charge in [0.1, 0.15) is 17.7 Å². The molecule has 0 unspecified atom stereocenters. The molecule has 4 rings (SSSR count). The van der Waals surface area contributed by atoms with E-state index in [-0.39, 0.29) is 17.8 Å². The number of hydrogen-bond acceptors (Lipinski definition) is 7. The molecule has 0 spiro atoms. The lowest BCUT2D eigenvalue weighted by molar-refractivity contribution is 0.150. The van der Waals surface area contributed by atoms with E-state index in [1.807, 2.05) is 0 Å². The molecular formula is C18H21FN6OS. The Balaban J connectivity index is 1.31. The van der Waals surface area contributed by atoms with Crippen molar-refractivity contribution in [1.29, 1.82) is 0 Å². The van der Waals surface area contributed by atoms with Gasteiger partial charge in [-0.1, -0.05) is 0 Å². The Morgan fingerprint density at radius 2 is 2.04 bits per heavy atom. The first-order valence-electron chi connectivity index (χ1n) is 8.82. The van der Waals surface area contributed by atoms with Gasteiger partial charge in [0.05, 0.1) is 11.8 Å². The van der Waals surface area contributed by atoms with Crippen molar-refractivity contribution < 1.29 is 9.50 Å². The number of fused-ring (bicyclic) bond motifs is 1. The molecule has 0 aliphatic carbocycles. The lowest BCUT2D eigenvalue weighted by Gasteiger charge is -2.15. The third-order valence-electron chi connectivity index (χ3n) is 4.88. The summed E-state index contributed by atoms with van der Waals surface area (Å²) in [6.45, 7) is 2.28. The Bertz CT molecular complexity index is 918. The maximum absolute atomic E-state index is 13.0. The molecule has 4 N–H and O–H groups in total. The third-order valence-corrected chi connectivity index (χ3v) is 6.08. The Morgan fingerprint density at radius 3 is 2.85 bits per heavy atom. The summed E-state index contributed by atoms with van der Waals surface area (Å²) in [6.07, 6.45) is 1.84. The second-order valence-corrected chi connectivity index (χ2v) is 7.85. The lowest BCUT2D eigenvalue weighted by atomic mass is 10.1. The number of nitrogens with two attached hydrogens (primary N) is 1. The van der Waals surface area contributed by atoms with Gasteiger partial charge in [0.25, 0.3) is 0 Å². The van der Waals surface area contributed by atoms with Gasteiger partial charge in [-0.3, -0.25) is 10.00 Å². The molecule has 27 heavy (non-hydrogen) atoms. The number of rotatable bonds is 6. The minimum absolute atomic E-state index is 0.191. The van der Waals surface area contributed by atoms with Crippen LogP contribution in [-0.2, 0) is 6.42 Å². The zero-order valence-corrected chi connectivity index (χ0v) is 15.5. The highest BCUT2D eigenvalue weighted by Gasteiger charge is 2.31. The van der Waals surface area contributed by atoms with E-state index in [4.69, 9.17) is 5.73 Å². The van der Waals surface area contributed by atoms with E-state index in [0.717, 1.165) is 41.4 Å². The Hall–Kier alpha value is -2.23. The van der Waals surface area contributed by atoms with Crippen molar-refractivity contribution in [3.8, 4) is 0 Å². The fourth-order valence-electron chi connectivity index (χ4n) is 3.37. The number of likely N-dealkylation sites (tertiary alicyclic amines) is 1. The highest BCUT2D eigenvalue weighted by Crippen LogP contribution is 2.27. The summed E-state index contributed by atoms with van der Waals surface area (Å²) in [6, 6.07) is 6.47. The number of nitrogens with one attached hydrogen (secondary N) is 1. The Labute approximate surface area is 160 Å². The summed E-state index contributed by atoms with van der Waals surface area (Å²) in [5.74, 6) is 1.14. The average Bonchev–Trinajstić information content (AvgIpc) is 3.24. The van der Waals surface area contributed by atoms with Crippen LogP contribution in [0.4, 0.5) is 10.2 Å². The van der Waals surface area contributed by atoms with Gasteiger partial charge >= 0.3 is 0 Å². The zero-order valence-electron chi connectivity index (χ0n) is 14.7. The molecule has 0 amide bonds. The molecular weight excluding hydrogens is 367 g/mol. The number of hydrogen-bond donors (Lipinski definition) is 3. The van der Waals surface area contributed by atoms with Gasteiger partial charge in [0, 0.05) is 42.6 Å². The molecule has 3 aromatic rings. The van der Waals surface area contributed by atoms with Crippen molar-refractivity contribution in [2.24, 2.45) is 5.92 Å². The largest absolute Gasteiger partial charge is 0.391 e. The number of β-amino-alcohol motifs (C(OH)–C–C–N with tert-alkyl or cyclic N) is 1. The lowest BCUT2D eigenvalue weighted by Crippen LogP contribution is -2.24. The number of H-pyrrole nitrogens is 1. The quantitative estimate of drug-likeness (QED) is 0.552. The van der Waals surface area contributed by atoms with E-state index < -0.39 is 0 Å². The van der Waals surface area contributed by atoms with Crippen LogP contribution in [0.1, 0.15) is 5.69 Å². The van der Waals surface area contributed by atoms with E-state index in [2.05, 4.69) is 25.1 Å². The summed E-state index contributed by atoms with van der Waals surface area (Å²) in [5.41, 5.74) is 8.10. The fourth-order valence-corrected chi connectivity index (χ4v) is 4.43. The minimum atomic E-state index is -0.352. The molecule has 0 saturated carbocycles. The summed E-state index contributed by atoms with van der Waals surface area (Å²) < 4.78 is 13.0. The van der Waals surface area contributed by atoms with Crippen molar-refractivity contribution in [1.82, 2.24) is 25.1 Å². The third kappa shape index (κ3) is 4.05. The van der Waals surface area contributed by atoms with Crippen LogP contribution in [0.2, 0.25) is 0 Å². The molecule has 1 saturated heterocycles. The second kappa shape index (κ2) is 7.79. The summed E-state index contributed by atoms with van der Waals surface area (Å²) in [4.78, 5) is 11.5. The van der Waals surface area contributed by atoms with Crippen molar-refractivity contribution >= 4 is 28.6 Å². The number of halogens is 1. The molecule has 2 atom stereocenters. The molecule has 1 aliphatic rings. The van der Waals surface area contributed by atoms with Gasteiger partial charge in [-0.25, -0.2) is 14.4 Å². The fraction of sp³-hybridized carbons (Fsp3) is 0.389. The van der Waals surface area contributed by atoms with Gasteiger partial charge in [0.15, 0.2) is 11.3 Å². The summed E-state index contributed by atoms with van der Waals surface area (Å²) in [5, 5.41) is 17.6. The molecule has 1 aromatic carbocycles. The smallest absolute Gasteiger partial charge is 0.155 e. The molecule has 3 heterocycles. The highest BCUT2D eigenvalue weighted by molar-refractivity contribution is 7.99. The van der Waals surface area contributed by atoms with E-state index >= 15 is 0 Å². The first-order chi connectivity index (χ1) is 13.1. The monoisotopic (exact) mass is 388 g/mol. The van der Waals surface area contributed by atoms with Crippen LogP contribution < -0.4 is 5.73 Å². The van der Waals surface area contributed by atoms with Crippen molar-refractivity contribution in [2.75, 3.05) is 31.1 Å². The first kappa shape index (κ1) is 18.1. The second-order valence-electron chi connectivity index (χ2n) is 6.76. The molecule has 2 aromatic heterocycles. The van der Waals surface area contributed by atoms with Gasteiger partial charge in [-0.2, -0.15) is 5.10 Å². The summed E-state index contributed by atoms with van der Waals surface area (Å²) >= 11 is 1.65. The van der Waals surface area contributed by atoms with Crippen LogP contribution in [0.3, 0.4) is 0 Å². The SMILES string of the molecule is Nc1ncnc2c(CCN3C[C@H](CSc4ccc(F)cc4)[C@@H](O)C3)[nH]nc12. The van der Waals surface area contributed by atoms with Gasteiger partial charge in [-0.15, -0.1) is 11.8 Å². The van der Waals surface area contributed by atoms with E-state index in [1.54, 1.807) is 23.9 Å². The topological polar surface area (TPSA) is 104 Å². The predicted octanol–water partition coefficient (Wildman–Crippen LogP) is 1.70. The van der Waals surface area contributed by atoms with Gasteiger partial charge in [0.2, 0.25) is 0 Å². The number of aliphatic hydroxyl groups is 1. The van der Waals surface area contributed by atoms with Crippen molar-refractivity contribution in [3.05, 3.63) is 42.1 Å². The number of thioether (sulfide) groups is 1. The maximum atomic E-state index is 13.0. The van der Waals surface area contributed by atoms with E-state index in [1.165, 1.54) is 18.5 Å². The first-order valence-corrected chi connectivity index (χ1v) is 9.81. The number of nitrogen functional groups attached to an aromatic ring is 1. The van der Waals surface area contributed by atoms with Gasteiger partial charge in [-0.05, 0) is 24.3 Å². The van der Waals surface area contributed by atoms with E-state index in [9.17, 15) is 9.50 Å². The summed E-state index contributed by atoms with van der Waals surface area (Å²) in [7, 11) is 0. The Kier molecular flexibility index (Phi) is 5.24. The Morgan fingerprint density at radius 1 is 1.22 bits per heavy atom. The van der Waals surface area contributed by atoms with Crippen LogP contribution in [-0.4, -0.2) is 61.7 Å².